The zero-order valence-electron chi connectivity index (χ0n) is 13.1. The summed E-state index contributed by atoms with van der Waals surface area (Å²) in [6.07, 6.45) is 0. The molecule has 2 aromatic carbocycles. The summed E-state index contributed by atoms with van der Waals surface area (Å²) in [7, 11) is 1.67. The van der Waals surface area contributed by atoms with Crippen molar-refractivity contribution in [3.63, 3.8) is 0 Å². The van der Waals surface area contributed by atoms with Crippen molar-refractivity contribution in [1.29, 1.82) is 0 Å². The number of hydrogen-bond donors (Lipinski definition) is 1. The van der Waals surface area contributed by atoms with Crippen molar-refractivity contribution < 1.29 is 4.74 Å². The van der Waals surface area contributed by atoms with Crippen LogP contribution >= 0.6 is 11.6 Å². The van der Waals surface area contributed by atoms with E-state index in [0.29, 0.717) is 6.54 Å². The van der Waals surface area contributed by atoms with Crippen LogP contribution in [0.4, 0.5) is 0 Å². The number of rotatable bonds is 5. The first kappa shape index (κ1) is 15.9. The van der Waals surface area contributed by atoms with Crippen LogP contribution in [0.3, 0.4) is 0 Å². The summed E-state index contributed by atoms with van der Waals surface area (Å²) < 4.78 is 5.36. The summed E-state index contributed by atoms with van der Waals surface area (Å²) >= 11 is 6.25. The Balaban J connectivity index is 2.07. The SMILES string of the molecule is COc1cccc(Cl)c1CNCc1cc(C)c(C)cc1C. The van der Waals surface area contributed by atoms with Gasteiger partial charge in [-0.25, -0.2) is 0 Å². The lowest BCUT2D eigenvalue weighted by molar-refractivity contribution is 0.407. The van der Waals surface area contributed by atoms with E-state index in [9.17, 15) is 0 Å². The van der Waals surface area contributed by atoms with E-state index >= 15 is 0 Å². The predicted molar refractivity (Wildman–Crippen MR) is 89.2 cm³/mol. The molecule has 2 rings (SSSR count). The second-order valence-corrected chi connectivity index (χ2v) is 5.79. The third-order valence-electron chi connectivity index (χ3n) is 3.87. The van der Waals surface area contributed by atoms with Crippen LogP contribution in [0.5, 0.6) is 5.75 Å². The molecular formula is C18H22ClNO. The molecule has 0 unspecified atom stereocenters. The van der Waals surface area contributed by atoms with E-state index in [2.05, 4.69) is 38.2 Å². The maximum Gasteiger partial charge on any atom is 0.124 e. The normalized spacial score (nSPS) is 10.7. The molecule has 0 radical (unpaired) electrons. The summed E-state index contributed by atoms with van der Waals surface area (Å²) in [4.78, 5) is 0. The quantitative estimate of drug-likeness (QED) is 0.874. The van der Waals surface area contributed by atoms with Crippen LogP contribution in [0.25, 0.3) is 0 Å². The fourth-order valence-electron chi connectivity index (χ4n) is 2.43. The molecule has 2 nitrogen and oxygen atoms in total. The fourth-order valence-corrected chi connectivity index (χ4v) is 2.67. The first-order chi connectivity index (χ1) is 10.0. The van der Waals surface area contributed by atoms with E-state index in [1.54, 1.807) is 7.11 Å². The van der Waals surface area contributed by atoms with Gasteiger partial charge in [-0.2, -0.15) is 0 Å². The molecule has 0 aliphatic rings. The molecule has 0 saturated heterocycles. The van der Waals surface area contributed by atoms with Crippen LogP contribution in [-0.4, -0.2) is 7.11 Å². The maximum absolute atomic E-state index is 6.25. The number of benzene rings is 2. The van der Waals surface area contributed by atoms with Gasteiger partial charge in [-0.1, -0.05) is 29.8 Å². The van der Waals surface area contributed by atoms with E-state index in [1.807, 2.05) is 18.2 Å². The number of aryl methyl sites for hydroxylation is 3. The second kappa shape index (κ2) is 6.97. The summed E-state index contributed by atoms with van der Waals surface area (Å²) in [5.41, 5.74) is 6.31. The predicted octanol–water partition coefficient (Wildman–Crippen LogP) is 4.56. The van der Waals surface area contributed by atoms with Crippen LogP contribution in [0.2, 0.25) is 5.02 Å². The van der Waals surface area contributed by atoms with Crippen molar-refractivity contribution >= 4 is 11.6 Å². The van der Waals surface area contributed by atoms with Gasteiger partial charge < -0.3 is 10.1 Å². The number of ether oxygens (including phenoxy) is 1. The molecule has 0 bridgehead atoms. The molecule has 0 aromatic heterocycles. The molecule has 0 spiro atoms. The van der Waals surface area contributed by atoms with Gasteiger partial charge in [0, 0.05) is 23.7 Å². The lowest BCUT2D eigenvalue weighted by Crippen LogP contribution is -2.15. The first-order valence-corrected chi connectivity index (χ1v) is 7.49. The number of halogens is 1. The Morgan fingerprint density at radius 2 is 1.71 bits per heavy atom. The monoisotopic (exact) mass is 303 g/mol. The zero-order valence-corrected chi connectivity index (χ0v) is 13.8. The molecule has 0 atom stereocenters. The first-order valence-electron chi connectivity index (χ1n) is 7.11. The fraction of sp³-hybridized carbons (Fsp3) is 0.333. The van der Waals surface area contributed by atoms with Gasteiger partial charge in [-0.15, -0.1) is 0 Å². The van der Waals surface area contributed by atoms with Crippen molar-refractivity contribution in [2.45, 2.75) is 33.9 Å². The molecule has 0 aliphatic carbocycles. The molecule has 0 amide bonds. The minimum absolute atomic E-state index is 0.690. The lowest BCUT2D eigenvalue weighted by Gasteiger charge is -2.13. The maximum atomic E-state index is 6.25. The van der Waals surface area contributed by atoms with Gasteiger partial charge in [0.1, 0.15) is 5.75 Å². The average Bonchev–Trinajstić information content (AvgIpc) is 2.45. The van der Waals surface area contributed by atoms with Crippen molar-refractivity contribution in [2.75, 3.05) is 7.11 Å². The number of methoxy groups -OCH3 is 1. The molecule has 0 saturated carbocycles. The largest absolute Gasteiger partial charge is 0.496 e. The molecule has 1 N–H and O–H groups in total. The van der Waals surface area contributed by atoms with E-state index in [4.69, 9.17) is 16.3 Å². The van der Waals surface area contributed by atoms with Crippen molar-refractivity contribution in [2.24, 2.45) is 0 Å². The Morgan fingerprint density at radius 3 is 2.43 bits per heavy atom. The van der Waals surface area contributed by atoms with Crippen LogP contribution < -0.4 is 10.1 Å². The minimum Gasteiger partial charge on any atom is -0.496 e. The highest BCUT2D eigenvalue weighted by atomic mass is 35.5. The Hall–Kier alpha value is -1.51. The molecule has 0 heterocycles. The Bertz CT molecular complexity index is 637. The van der Waals surface area contributed by atoms with Crippen molar-refractivity contribution in [1.82, 2.24) is 5.32 Å². The third-order valence-corrected chi connectivity index (χ3v) is 4.22. The molecule has 2 aromatic rings. The Labute approximate surface area is 132 Å². The van der Waals surface area contributed by atoms with Crippen LogP contribution in [0.1, 0.15) is 27.8 Å². The van der Waals surface area contributed by atoms with Gasteiger partial charge >= 0.3 is 0 Å². The molecule has 21 heavy (non-hydrogen) atoms. The van der Waals surface area contributed by atoms with Crippen LogP contribution in [0, 0.1) is 20.8 Å². The van der Waals surface area contributed by atoms with Gasteiger partial charge in [-0.05, 0) is 55.2 Å². The smallest absolute Gasteiger partial charge is 0.124 e. The summed E-state index contributed by atoms with van der Waals surface area (Å²) in [6.45, 7) is 7.96. The number of nitrogens with one attached hydrogen (secondary N) is 1. The van der Waals surface area contributed by atoms with Gasteiger partial charge in [0.15, 0.2) is 0 Å². The topological polar surface area (TPSA) is 21.3 Å². The highest BCUT2D eigenvalue weighted by Crippen LogP contribution is 2.26. The summed E-state index contributed by atoms with van der Waals surface area (Å²) in [5.74, 6) is 0.826. The molecule has 0 aliphatic heterocycles. The summed E-state index contributed by atoms with van der Waals surface area (Å²) in [6, 6.07) is 10.2. The van der Waals surface area contributed by atoms with Gasteiger partial charge in [0.05, 0.1) is 7.11 Å². The summed E-state index contributed by atoms with van der Waals surface area (Å²) in [5, 5.41) is 4.19. The van der Waals surface area contributed by atoms with E-state index in [1.165, 1.54) is 22.3 Å². The highest BCUT2D eigenvalue weighted by Gasteiger charge is 2.08. The third kappa shape index (κ3) is 3.78. The standard InChI is InChI=1S/C18H22ClNO/c1-12-8-14(3)15(9-13(12)2)10-20-11-16-17(19)6-5-7-18(16)21-4/h5-9,20H,10-11H2,1-4H3. The molecule has 3 heteroatoms. The van der Waals surface area contributed by atoms with E-state index in [-0.39, 0.29) is 0 Å². The molecule has 0 fully saturated rings. The van der Waals surface area contributed by atoms with Gasteiger partial charge in [0.2, 0.25) is 0 Å². The lowest BCUT2D eigenvalue weighted by atomic mass is 10.0. The van der Waals surface area contributed by atoms with E-state index in [0.717, 1.165) is 22.9 Å². The minimum atomic E-state index is 0.690. The second-order valence-electron chi connectivity index (χ2n) is 5.39. The van der Waals surface area contributed by atoms with Gasteiger partial charge in [0.25, 0.3) is 0 Å². The highest BCUT2D eigenvalue weighted by molar-refractivity contribution is 6.31. The Kier molecular flexibility index (Phi) is 5.27. The zero-order chi connectivity index (χ0) is 15.4. The molecule has 112 valence electrons. The molecular weight excluding hydrogens is 282 g/mol. The number of hydrogen-bond acceptors (Lipinski definition) is 2. The Morgan fingerprint density at radius 1 is 1.00 bits per heavy atom. The van der Waals surface area contributed by atoms with E-state index < -0.39 is 0 Å². The average molecular weight is 304 g/mol. The van der Waals surface area contributed by atoms with Crippen molar-refractivity contribution in [3.8, 4) is 5.75 Å². The van der Waals surface area contributed by atoms with Crippen molar-refractivity contribution in [3.05, 3.63) is 63.2 Å². The van der Waals surface area contributed by atoms with Gasteiger partial charge in [-0.3, -0.25) is 0 Å². The van der Waals surface area contributed by atoms with Crippen LogP contribution in [0.15, 0.2) is 30.3 Å². The van der Waals surface area contributed by atoms with Crippen LogP contribution in [-0.2, 0) is 13.1 Å².